The molecule has 1 aromatic rings. The van der Waals surface area contributed by atoms with Gasteiger partial charge in [0.05, 0.1) is 18.8 Å². The number of rotatable bonds is 5. The van der Waals surface area contributed by atoms with Crippen LogP contribution in [0, 0.1) is 17.8 Å². The lowest BCUT2D eigenvalue weighted by molar-refractivity contribution is -0.119. The molecular formula is C19H27N3O3. The lowest BCUT2D eigenvalue weighted by Gasteiger charge is -2.56. The lowest BCUT2D eigenvalue weighted by atomic mass is 9.53. The molecule has 6 nitrogen and oxygen atoms in total. The molecule has 3 N–H and O–H groups in total. The van der Waals surface area contributed by atoms with Gasteiger partial charge in [-0.1, -0.05) is 0 Å². The predicted octanol–water partition coefficient (Wildman–Crippen LogP) is 2.72. The number of carbonyl (C=O) groups excluding carboxylic acids is 2. The van der Waals surface area contributed by atoms with Crippen molar-refractivity contribution in [3.63, 3.8) is 0 Å². The minimum absolute atomic E-state index is 0.0754. The van der Waals surface area contributed by atoms with Crippen LogP contribution in [0.2, 0.25) is 0 Å². The Bertz CT molecular complexity index is 605. The maximum atomic E-state index is 12.3. The summed E-state index contributed by atoms with van der Waals surface area (Å²) in [6.07, 6.45) is 8.83. The van der Waals surface area contributed by atoms with Crippen LogP contribution >= 0.6 is 0 Å². The topological polar surface area (TPSA) is 83.4 Å². The zero-order chi connectivity index (χ0) is 17.4. The average Bonchev–Trinajstić information content (AvgIpc) is 3.05. The number of hydrogen-bond donors (Lipinski definition) is 3. The van der Waals surface area contributed by atoms with Gasteiger partial charge in [-0.25, -0.2) is 4.79 Å². The first-order valence-corrected chi connectivity index (χ1v) is 9.40. The Hall–Kier alpha value is -1.82. The van der Waals surface area contributed by atoms with Crippen molar-refractivity contribution >= 4 is 11.9 Å². The quantitative estimate of drug-likeness (QED) is 0.766. The second-order valence-electron chi connectivity index (χ2n) is 8.32. The first-order valence-electron chi connectivity index (χ1n) is 9.40. The smallest absolute Gasteiger partial charge is 0.321 e. The molecule has 136 valence electrons. The Kier molecular flexibility index (Phi) is 4.31. The number of hydrogen-bond acceptors (Lipinski definition) is 4. The molecule has 4 aliphatic carbocycles. The monoisotopic (exact) mass is 345 g/mol. The Morgan fingerprint density at radius 2 is 1.84 bits per heavy atom. The molecule has 0 aliphatic heterocycles. The minimum atomic E-state index is -0.348. The molecule has 1 heterocycles. The van der Waals surface area contributed by atoms with E-state index in [4.69, 9.17) is 4.42 Å². The van der Waals surface area contributed by atoms with Crippen LogP contribution < -0.4 is 16.0 Å². The molecule has 0 unspecified atom stereocenters. The second-order valence-corrected chi connectivity index (χ2v) is 8.32. The normalized spacial score (nSPS) is 33.9. The van der Waals surface area contributed by atoms with Crippen LogP contribution in [0.5, 0.6) is 0 Å². The van der Waals surface area contributed by atoms with Crippen molar-refractivity contribution in [3.8, 4) is 0 Å². The van der Waals surface area contributed by atoms with E-state index in [1.807, 2.05) is 19.1 Å². The van der Waals surface area contributed by atoms with Crippen LogP contribution in [0.4, 0.5) is 4.79 Å². The van der Waals surface area contributed by atoms with Gasteiger partial charge in [-0.05, 0) is 75.3 Å². The fraction of sp³-hybridized carbons (Fsp3) is 0.684. The third-order valence-corrected chi connectivity index (χ3v) is 6.21. The van der Waals surface area contributed by atoms with Gasteiger partial charge < -0.3 is 9.73 Å². The number of imide groups is 1. The van der Waals surface area contributed by atoms with Crippen molar-refractivity contribution in [2.75, 3.05) is 6.54 Å². The summed E-state index contributed by atoms with van der Waals surface area (Å²) in [5.41, 5.74) is -0.0754. The van der Waals surface area contributed by atoms with Crippen LogP contribution in [0.3, 0.4) is 0 Å². The first-order chi connectivity index (χ1) is 12.0. The summed E-state index contributed by atoms with van der Waals surface area (Å²) >= 11 is 0. The van der Waals surface area contributed by atoms with E-state index in [9.17, 15) is 9.59 Å². The summed E-state index contributed by atoms with van der Waals surface area (Å²) < 4.78 is 5.29. The van der Waals surface area contributed by atoms with Gasteiger partial charge in [0.25, 0.3) is 0 Å². The highest BCUT2D eigenvalue weighted by Crippen LogP contribution is 2.55. The average molecular weight is 345 g/mol. The van der Waals surface area contributed by atoms with Gasteiger partial charge in [-0.15, -0.1) is 0 Å². The summed E-state index contributed by atoms with van der Waals surface area (Å²) in [4.78, 5) is 24.4. The third kappa shape index (κ3) is 3.59. The van der Waals surface area contributed by atoms with Crippen LogP contribution in [-0.4, -0.2) is 24.0 Å². The summed E-state index contributed by atoms with van der Waals surface area (Å²) in [6.45, 7) is 2.00. The first kappa shape index (κ1) is 16.6. The van der Waals surface area contributed by atoms with Gasteiger partial charge in [-0.2, -0.15) is 0 Å². The number of carbonyl (C=O) groups is 2. The Morgan fingerprint density at radius 3 is 2.40 bits per heavy atom. The molecule has 6 heteroatoms. The van der Waals surface area contributed by atoms with Crippen molar-refractivity contribution in [1.82, 2.24) is 16.0 Å². The van der Waals surface area contributed by atoms with E-state index in [1.165, 1.54) is 19.3 Å². The summed E-state index contributed by atoms with van der Waals surface area (Å²) in [5.74, 6) is 2.74. The Balaban J connectivity index is 1.25. The fourth-order valence-corrected chi connectivity index (χ4v) is 5.59. The molecule has 0 saturated heterocycles. The highest BCUT2D eigenvalue weighted by Gasteiger charge is 2.51. The van der Waals surface area contributed by atoms with Gasteiger partial charge in [0.1, 0.15) is 5.76 Å². The van der Waals surface area contributed by atoms with E-state index in [2.05, 4.69) is 16.0 Å². The molecule has 4 bridgehead atoms. The van der Waals surface area contributed by atoms with Gasteiger partial charge in [0.2, 0.25) is 5.91 Å². The summed E-state index contributed by atoms with van der Waals surface area (Å²) in [5, 5.41) is 8.69. The number of furan rings is 1. The summed E-state index contributed by atoms with van der Waals surface area (Å²) in [6, 6.07) is 3.24. The molecule has 4 saturated carbocycles. The third-order valence-electron chi connectivity index (χ3n) is 6.21. The van der Waals surface area contributed by atoms with Crippen molar-refractivity contribution in [2.45, 2.75) is 57.0 Å². The molecule has 3 amide bonds. The van der Waals surface area contributed by atoms with Gasteiger partial charge in [-0.3, -0.25) is 15.4 Å². The fourth-order valence-electron chi connectivity index (χ4n) is 5.59. The highest BCUT2D eigenvalue weighted by molar-refractivity contribution is 5.95. The van der Waals surface area contributed by atoms with Gasteiger partial charge >= 0.3 is 6.03 Å². The standard InChI is InChI=1S/C19H27N3O3/c1-12(16-3-2-4-25-16)20-11-17(23)21-18(24)22-19-8-13-5-14(9-19)7-15(6-13)10-19/h2-4,12-15,20H,5-11H2,1H3,(H2,21,22,23,24)/t12-,13?,14?,15?,19?/m0/s1. The SMILES string of the molecule is C[C@H](NCC(=O)NC(=O)NC12CC3CC(CC(C3)C1)C2)c1ccco1. The van der Waals surface area contributed by atoms with E-state index >= 15 is 0 Å². The molecule has 25 heavy (non-hydrogen) atoms. The van der Waals surface area contributed by atoms with Gasteiger partial charge in [0.15, 0.2) is 0 Å². The summed E-state index contributed by atoms with van der Waals surface area (Å²) in [7, 11) is 0. The van der Waals surface area contributed by atoms with Crippen LogP contribution in [-0.2, 0) is 4.79 Å². The zero-order valence-electron chi connectivity index (χ0n) is 14.7. The van der Waals surface area contributed by atoms with Crippen LogP contribution in [0.1, 0.15) is 57.3 Å². The number of urea groups is 1. The van der Waals surface area contributed by atoms with Gasteiger partial charge in [0, 0.05) is 5.54 Å². The number of amides is 3. The van der Waals surface area contributed by atoms with E-state index in [0.29, 0.717) is 0 Å². The molecule has 0 aromatic carbocycles. The molecule has 0 radical (unpaired) electrons. The van der Waals surface area contributed by atoms with Crippen LogP contribution in [0.25, 0.3) is 0 Å². The van der Waals surface area contributed by atoms with E-state index in [0.717, 1.165) is 42.8 Å². The maximum Gasteiger partial charge on any atom is 0.321 e. The molecule has 1 atom stereocenters. The zero-order valence-corrected chi connectivity index (χ0v) is 14.7. The maximum absolute atomic E-state index is 12.3. The van der Waals surface area contributed by atoms with Crippen molar-refractivity contribution in [1.29, 1.82) is 0 Å². The minimum Gasteiger partial charge on any atom is -0.468 e. The predicted molar refractivity (Wildman–Crippen MR) is 92.7 cm³/mol. The number of nitrogens with one attached hydrogen (secondary N) is 3. The van der Waals surface area contributed by atoms with E-state index < -0.39 is 0 Å². The molecule has 4 aliphatic rings. The van der Waals surface area contributed by atoms with E-state index in [-0.39, 0.29) is 30.1 Å². The Morgan fingerprint density at radius 1 is 1.20 bits per heavy atom. The molecule has 4 fully saturated rings. The largest absolute Gasteiger partial charge is 0.468 e. The van der Waals surface area contributed by atoms with Crippen molar-refractivity contribution < 1.29 is 14.0 Å². The van der Waals surface area contributed by atoms with Crippen LogP contribution in [0.15, 0.2) is 22.8 Å². The molecule has 0 spiro atoms. The molecule has 1 aromatic heterocycles. The molecule has 5 rings (SSSR count). The second kappa shape index (κ2) is 6.48. The van der Waals surface area contributed by atoms with E-state index in [1.54, 1.807) is 6.26 Å². The highest BCUT2D eigenvalue weighted by atomic mass is 16.3. The lowest BCUT2D eigenvalue weighted by Crippen LogP contribution is -2.62. The molecular weight excluding hydrogens is 318 g/mol. The van der Waals surface area contributed by atoms with Crippen molar-refractivity contribution in [2.24, 2.45) is 17.8 Å². The van der Waals surface area contributed by atoms with Crippen molar-refractivity contribution in [3.05, 3.63) is 24.2 Å². The Labute approximate surface area is 148 Å².